The molecule has 0 bridgehead atoms. The van der Waals surface area contributed by atoms with Crippen LogP contribution in [0, 0.1) is 0 Å². The zero-order valence-electron chi connectivity index (χ0n) is 11.1. The Morgan fingerprint density at radius 1 is 1.44 bits per heavy atom. The Hall–Kier alpha value is -0.970. The molecule has 0 spiro atoms. The first-order valence-electron chi connectivity index (χ1n) is 6.72. The van der Waals surface area contributed by atoms with Crippen molar-refractivity contribution in [1.82, 2.24) is 14.8 Å². The Morgan fingerprint density at radius 3 is 2.94 bits per heavy atom. The third-order valence-corrected chi connectivity index (χ3v) is 3.71. The van der Waals surface area contributed by atoms with Crippen LogP contribution < -0.4 is 0 Å². The van der Waals surface area contributed by atoms with Crippen molar-refractivity contribution >= 4 is 0 Å². The molecule has 1 aliphatic rings. The summed E-state index contributed by atoms with van der Waals surface area (Å²) in [5, 5.41) is 9.01. The van der Waals surface area contributed by atoms with Gasteiger partial charge in [-0.15, -0.1) is 0 Å². The first kappa shape index (κ1) is 13.5. The van der Waals surface area contributed by atoms with Crippen LogP contribution in [-0.2, 0) is 6.54 Å². The molecule has 4 heteroatoms. The van der Waals surface area contributed by atoms with Crippen LogP contribution in [0.1, 0.15) is 18.4 Å². The average Bonchev–Trinajstić information content (AvgIpc) is 2.40. The second-order valence-corrected chi connectivity index (χ2v) is 5.09. The van der Waals surface area contributed by atoms with Crippen LogP contribution in [0.2, 0.25) is 0 Å². The van der Waals surface area contributed by atoms with E-state index in [1.165, 1.54) is 24.9 Å². The van der Waals surface area contributed by atoms with Gasteiger partial charge in [-0.2, -0.15) is 0 Å². The summed E-state index contributed by atoms with van der Waals surface area (Å²) in [5.41, 5.74) is 1.33. The minimum Gasteiger partial charge on any atom is -0.395 e. The Kier molecular flexibility index (Phi) is 5.11. The largest absolute Gasteiger partial charge is 0.395 e. The number of likely N-dealkylation sites (tertiary alicyclic amines) is 1. The van der Waals surface area contributed by atoms with Gasteiger partial charge in [0.25, 0.3) is 0 Å². The smallest absolute Gasteiger partial charge is 0.0558 e. The summed E-state index contributed by atoms with van der Waals surface area (Å²) in [7, 11) is 2.11. The predicted octanol–water partition coefficient (Wildman–Crippen LogP) is 0.970. The van der Waals surface area contributed by atoms with Crippen molar-refractivity contribution in [3.63, 3.8) is 0 Å². The van der Waals surface area contributed by atoms with Gasteiger partial charge in [0.15, 0.2) is 0 Å². The molecule has 1 atom stereocenters. The van der Waals surface area contributed by atoms with Gasteiger partial charge >= 0.3 is 0 Å². The van der Waals surface area contributed by atoms with Crippen LogP contribution >= 0.6 is 0 Å². The lowest BCUT2D eigenvalue weighted by atomic mass is 10.0. The van der Waals surface area contributed by atoms with E-state index in [1.54, 1.807) is 0 Å². The summed E-state index contributed by atoms with van der Waals surface area (Å²) in [4.78, 5) is 8.83. The van der Waals surface area contributed by atoms with Crippen molar-refractivity contribution in [2.75, 3.05) is 33.3 Å². The maximum Gasteiger partial charge on any atom is 0.0558 e. The minimum absolute atomic E-state index is 0.247. The molecule has 1 fully saturated rings. The predicted molar refractivity (Wildman–Crippen MR) is 72.3 cm³/mol. The fourth-order valence-corrected chi connectivity index (χ4v) is 2.62. The molecule has 1 unspecified atom stereocenters. The molecule has 1 aliphatic heterocycles. The van der Waals surface area contributed by atoms with Gasteiger partial charge in [0.2, 0.25) is 0 Å². The molecule has 2 rings (SSSR count). The Morgan fingerprint density at radius 2 is 2.22 bits per heavy atom. The third-order valence-electron chi connectivity index (χ3n) is 3.71. The second kappa shape index (κ2) is 6.83. The Balaban J connectivity index is 1.87. The number of pyridine rings is 1. The topological polar surface area (TPSA) is 39.6 Å². The van der Waals surface area contributed by atoms with E-state index < -0.39 is 0 Å². The van der Waals surface area contributed by atoms with Gasteiger partial charge in [-0.05, 0) is 44.1 Å². The number of rotatable bonds is 5. The van der Waals surface area contributed by atoms with Crippen LogP contribution in [0.3, 0.4) is 0 Å². The van der Waals surface area contributed by atoms with Crippen molar-refractivity contribution < 1.29 is 5.11 Å². The summed E-state index contributed by atoms with van der Waals surface area (Å²) in [5.74, 6) is 0. The van der Waals surface area contributed by atoms with Gasteiger partial charge < -0.3 is 5.11 Å². The minimum atomic E-state index is 0.247. The molecular weight excluding hydrogens is 226 g/mol. The van der Waals surface area contributed by atoms with E-state index in [9.17, 15) is 0 Å². The van der Waals surface area contributed by atoms with Crippen LogP contribution in [0.5, 0.6) is 0 Å². The van der Waals surface area contributed by atoms with Gasteiger partial charge in [-0.25, -0.2) is 0 Å². The number of hydrogen-bond acceptors (Lipinski definition) is 4. The molecule has 1 N–H and O–H groups in total. The van der Waals surface area contributed by atoms with E-state index in [4.69, 9.17) is 5.11 Å². The number of aliphatic hydroxyl groups excluding tert-OH is 1. The molecule has 1 aromatic rings. The lowest BCUT2D eigenvalue weighted by Crippen LogP contribution is -2.46. The monoisotopic (exact) mass is 249 g/mol. The first-order chi connectivity index (χ1) is 8.79. The molecule has 2 heterocycles. The van der Waals surface area contributed by atoms with Crippen molar-refractivity contribution in [3.05, 3.63) is 30.1 Å². The lowest BCUT2D eigenvalue weighted by Gasteiger charge is -2.37. The van der Waals surface area contributed by atoms with Crippen LogP contribution in [-0.4, -0.2) is 59.2 Å². The van der Waals surface area contributed by atoms with E-state index in [0.717, 1.165) is 19.6 Å². The summed E-state index contributed by atoms with van der Waals surface area (Å²) < 4.78 is 0. The quantitative estimate of drug-likeness (QED) is 0.844. The molecule has 18 heavy (non-hydrogen) atoms. The first-order valence-corrected chi connectivity index (χ1v) is 6.72. The van der Waals surface area contributed by atoms with Gasteiger partial charge in [0.05, 0.1) is 6.61 Å². The highest BCUT2D eigenvalue weighted by molar-refractivity contribution is 5.09. The summed E-state index contributed by atoms with van der Waals surface area (Å²) in [6.07, 6.45) is 6.19. The number of hydrogen-bond donors (Lipinski definition) is 1. The van der Waals surface area contributed by atoms with E-state index in [0.29, 0.717) is 6.04 Å². The molecule has 0 aliphatic carbocycles. The maximum absolute atomic E-state index is 9.01. The summed E-state index contributed by atoms with van der Waals surface area (Å²) in [6.45, 7) is 4.29. The van der Waals surface area contributed by atoms with E-state index in [1.807, 2.05) is 12.4 Å². The van der Waals surface area contributed by atoms with Gasteiger partial charge in [-0.3, -0.25) is 14.8 Å². The molecule has 0 amide bonds. The molecule has 0 radical (unpaired) electrons. The number of aliphatic hydroxyl groups is 1. The highest BCUT2D eigenvalue weighted by atomic mass is 16.3. The van der Waals surface area contributed by atoms with Crippen molar-refractivity contribution in [1.29, 1.82) is 0 Å². The highest BCUT2D eigenvalue weighted by Gasteiger charge is 2.22. The Bertz CT molecular complexity index is 344. The second-order valence-electron chi connectivity index (χ2n) is 5.09. The molecule has 1 aromatic heterocycles. The number of likely N-dealkylation sites (N-methyl/N-ethyl adjacent to an activating group) is 1. The highest BCUT2D eigenvalue weighted by Crippen LogP contribution is 2.16. The van der Waals surface area contributed by atoms with Gasteiger partial charge in [0, 0.05) is 38.1 Å². The van der Waals surface area contributed by atoms with Gasteiger partial charge in [0.1, 0.15) is 0 Å². The van der Waals surface area contributed by atoms with Crippen molar-refractivity contribution in [2.24, 2.45) is 0 Å². The standard InChI is InChI=1S/C14H23N3O/c1-16(9-10-18)14-3-2-8-17(12-14)11-13-4-6-15-7-5-13/h4-7,14,18H,2-3,8-12H2,1H3. The van der Waals surface area contributed by atoms with Crippen molar-refractivity contribution in [3.8, 4) is 0 Å². The SMILES string of the molecule is CN(CCO)C1CCCN(Cc2ccncc2)C1. The maximum atomic E-state index is 9.01. The fraction of sp³-hybridized carbons (Fsp3) is 0.643. The van der Waals surface area contributed by atoms with Crippen LogP contribution in [0.15, 0.2) is 24.5 Å². The molecule has 0 saturated carbocycles. The molecule has 0 aromatic carbocycles. The zero-order valence-corrected chi connectivity index (χ0v) is 11.1. The van der Waals surface area contributed by atoms with E-state index >= 15 is 0 Å². The molecule has 1 saturated heterocycles. The number of aromatic nitrogens is 1. The lowest BCUT2D eigenvalue weighted by molar-refractivity contribution is 0.0970. The summed E-state index contributed by atoms with van der Waals surface area (Å²) >= 11 is 0. The van der Waals surface area contributed by atoms with Crippen LogP contribution in [0.25, 0.3) is 0 Å². The normalized spacial score (nSPS) is 21.4. The number of nitrogens with zero attached hydrogens (tertiary/aromatic N) is 3. The summed E-state index contributed by atoms with van der Waals surface area (Å²) in [6, 6.07) is 4.75. The fourth-order valence-electron chi connectivity index (χ4n) is 2.62. The molecular formula is C14H23N3O. The Labute approximate surface area is 109 Å². The molecule has 4 nitrogen and oxygen atoms in total. The zero-order chi connectivity index (χ0) is 12.8. The van der Waals surface area contributed by atoms with Crippen LogP contribution in [0.4, 0.5) is 0 Å². The third kappa shape index (κ3) is 3.77. The van der Waals surface area contributed by atoms with E-state index in [-0.39, 0.29) is 6.61 Å². The number of piperidine rings is 1. The average molecular weight is 249 g/mol. The van der Waals surface area contributed by atoms with E-state index in [2.05, 4.69) is 34.0 Å². The molecule has 100 valence electrons. The van der Waals surface area contributed by atoms with Gasteiger partial charge in [-0.1, -0.05) is 0 Å². The van der Waals surface area contributed by atoms with Crippen molar-refractivity contribution in [2.45, 2.75) is 25.4 Å².